The first-order valence-corrected chi connectivity index (χ1v) is 9.97. The highest BCUT2D eigenvalue weighted by molar-refractivity contribution is 5.95. The van der Waals surface area contributed by atoms with Crippen molar-refractivity contribution >= 4 is 5.78 Å². The van der Waals surface area contributed by atoms with Crippen LogP contribution in [-0.2, 0) is 24.4 Å². The number of Topliss-reactive ketones (excluding diaryl/α,β-unsaturated/α-hetero) is 1. The van der Waals surface area contributed by atoms with Crippen molar-refractivity contribution in [1.29, 1.82) is 0 Å². The highest BCUT2D eigenvalue weighted by Gasteiger charge is 2.22. The lowest BCUT2D eigenvalue weighted by atomic mass is 10.1. The molecule has 0 spiro atoms. The van der Waals surface area contributed by atoms with Crippen molar-refractivity contribution in [3.05, 3.63) is 46.8 Å². The fourth-order valence-electron chi connectivity index (χ4n) is 3.46. The number of aromatic nitrogens is 2. The summed E-state index contributed by atoms with van der Waals surface area (Å²) in [6.45, 7) is 1.44. The normalized spacial score (nSPS) is 16.7. The van der Waals surface area contributed by atoms with Crippen LogP contribution in [0.2, 0.25) is 0 Å². The predicted octanol–water partition coefficient (Wildman–Crippen LogP) is 1.94. The lowest BCUT2D eigenvalue weighted by molar-refractivity contribution is -0.0396. The maximum atomic E-state index is 12.4. The van der Waals surface area contributed by atoms with E-state index in [1.807, 2.05) is 24.4 Å². The van der Waals surface area contributed by atoms with Crippen LogP contribution in [0.1, 0.15) is 59.1 Å². The Bertz CT molecular complexity index is 815. The number of nitrogens with zero attached hydrogens (tertiary/aromatic N) is 2. The first kappa shape index (κ1) is 21.4. The quantitative estimate of drug-likeness (QED) is 0.521. The van der Waals surface area contributed by atoms with E-state index in [2.05, 4.69) is 10.4 Å². The molecule has 1 aliphatic rings. The summed E-state index contributed by atoms with van der Waals surface area (Å²) in [5, 5.41) is 26.2. The number of rotatable bonds is 10. The molecule has 29 heavy (non-hydrogen) atoms. The van der Waals surface area contributed by atoms with Gasteiger partial charge in [0.2, 0.25) is 0 Å². The molecule has 0 radical (unpaired) electrons. The molecule has 3 rings (SSSR count). The molecule has 1 saturated heterocycles. The summed E-state index contributed by atoms with van der Waals surface area (Å²) < 4.78 is 12.9. The number of ether oxygens (including phenoxy) is 2. The van der Waals surface area contributed by atoms with E-state index < -0.39 is 0 Å². The molecule has 158 valence electrons. The van der Waals surface area contributed by atoms with Gasteiger partial charge in [0.05, 0.1) is 20.3 Å². The Hall–Kier alpha value is -2.26. The molecular formula is C21H29N3O5. The van der Waals surface area contributed by atoms with Gasteiger partial charge in [-0.15, -0.1) is 0 Å². The molecule has 1 aromatic heterocycles. The second kappa shape index (κ2) is 10.5. The molecule has 8 heteroatoms. The third kappa shape index (κ3) is 5.42. The van der Waals surface area contributed by atoms with Crippen molar-refractivity contribution in [2.45, 2.75) is 51.6 Å². The smallest absolute Gasteiger partial charge is 0.185 e. The summed E-state index contributed by atoms with van der Waals surface area (Å²) in [5.41, 5.74) is 2.90. The number of ketones is 1. The highest BCUT2D eigenvalue weighted by Crippen LogP contribution is 2.24. The molecule has 2 aromatic rings. The highest BCUT2D eigenvalue weighted by atomic mass is 16.5. The fraction of sp³-hybridized carbons (Fsp3) is 0.524. The Labute approximate surface area is 170 Å². The topological polar surface area (TPSA) is 106 Å². The minimum Gasteiger partial charge on any atom is -0.496 e. The molecule has 0 saturated carbocycles. The molecule has 1 aromatic carbocycles. The number of benzene rings is 1. The van der Waals surface area contributed by atoms with E-state index in [0.29, 0.717) is 31.1 Å². The molecule has 1 unspecified atom stereocenters. The van der Waals surface area contributed by atoms with Crippen LogP contribution in [0.15, 0.2) is 24.4 Å². The third-order valence-corrected chi connectivity index (χ3v) is 5.03. The van der Waals surface area contributed by atoms with E-state index in [-0.39, 0.29) is 31.6 Å². The summed E-state index contributed by atoms with van der Waals surface area (Å²) in [6, 6.07) is 5.58. The van der Waals surface area contributed by atoms with E-state index in [9.17, 15) is 9.90 Å². The van der Waals surface area contributed by atoms with Gasteiger partial charge in [0.1, 0.15) is 17.7 Å². The molecule has 1 aliphatic heterocycles. The fourth-order valence-corrected chi connectivity index (χ4v) is 3.46. The standard InChI is InChI=1S/C21H29N3O5/c1-28-19-10-15(14-26)5-6-16(19)11-22-12-17-13-24(20-4-2-3-9-29-20)23-21(17)18(27)7-8-25/h5-6,10,13,20,22,25-26H,2-4,7-9,11-12,14H2,1H3. The van der Waals surface area contributed by atoms with Gasteiger partial charge in [0.25, 0.3) is 0 Å². The minimum atomic E-state index is -0.201. The van der Waals surface area contributed by atoms with E-state index in [1.54, 1.807) is 11.8 Å². The summed E-state index contributed by atoms with van der Waals surface area (Å²) >= 11 is 0. The third-order valence-electron chi connectivity index (χ3n) is 5.03. The van der Waals surface area contributed by atoms with Crippen molar-refractivity contribution in [3.8, 4) is 5.75 Å². The average Bonchev–Trinajstić information content (AvgIpc) is 3.19. The molecule has 8 nitrogen and oxygen atoms in total. The van der Waals surface area contributed by atoms with Crippen molar-refractivity contribution in [3.63, 3.8) is 0 Å². The van der Waals surface area contributed by atoms with Crippen LogP contribution in [0.5, 0.6) is 5.75 Å². The maximum absolute atomic E-state index is 12.4. The Balaban J connectivity index is 1.72. The van der Waals surface area contributed by atoms with Crippen LogP contribution < -0.4 is 10.1 Å². The van der Waals surface area contributed by atoms with E-state index in [4.69, 9.17) is 14.6 Å². The van der Waals surface area contributed by atoms with E-state index in [0.717, 1.165) is 36.0 Å². The first-order chi connectivity index (χ1) is 14.2. The Morgan fingerprint density at radius 1 is 1.31 bits per heavy atom. The second-order valence-electron chi connectivity index (χ2n) is 7.11. The van der Waals surface area contributed by atoms with Gasteiger partial charge in [-0.2, -0.15) is 5.10 Å². The van der Waals surface area contributed by atoms with E-state index >= 15 is 0 Å². The van der Waals surface area contributed by atoms with Crippen LogP contribution in [0, 0.1) is 0 Å². The molecule has 1 fully saturated rings. The van der Waals surface area contributed by atoms with Gasteiger partial charge < -0.3 is 25.0 Å². The lowest BCUT2D eigenvalue weighted by Gasteiger charge is -2.22. The Kier molecular flexibility index (Phi) is 7.76. The van der Waals surface area contributed by atoms with Gasteiger partial charge in [-0.1, -0.05) is 12.1 Å². The summed E-state index contributed by atoms with van der Waals surface area (Å²) in [7, 11) is 1.60. The molecular weight excluding hydrogens is 374 g/mol. The summed E-state index contributed by atoms with van der Waals surface area (Å²) in [4.78, 5) is 12.4. The molecule has 0 bridgehead atoms. The van der Waals surface area contributed by atoms with Gasteiger partial charge in [-0.3, -0.25) is 4.79 Å². The number of hydrogen-bond donors (Lipinski definition) is 3. The number of methoxy groups -OCH3 is 1. The number of carbonyl (C=O) groups is 1. The van der Waals surface area contributed by atoms with Gasteiger partial charge in [-0.05, 0) is 30.9 Å². The maximum Gasteiger partial charge on any atom is 0.185 e. The zero-order valence-electron chi connectivity index (χ0n) is 16.8. The number of carbonyl (C=O) groups excluding carboxylic acids is 1. The van der Waals surface area contributed by atoms with Crippen LogP contribution in [0.4, 0.5) is 0 Å². The summed E-state index contributed by atoms with van der Waals surface area (Å²) in [6.07, 6.45) is 4.74. The largest absolute Gasteiger partial charge is 0.496 e. The van der Waals surface area contributed by atoms with Crippen molar-refractivity contribution in [2.75, 3.05) is 20.3 Å². The monoisotopic (exact) mass is 403 g/mol. The van der Waals surface area contributed by atoms with Crippen LogP contribution in [-0.4, -0.2) is 46.1 Å². The van der Waals surface area contributed by atoms with Crippen molar-refractivity contribution in [2.24, 2.45) is 0 Å². The van der Waals surface area contributed by atoms with Crippen LogP contribution >= 0.6 is 0 Å². The van der Waals surface area contributed by atoms with Gasteiger partial charge in [0.15, 0.2) is 5.78 Å². The first-order valence-electron chi connectivity index (χ1n) is 9.97. The van der Waals surface area contributed by atoms with Crippen LogP contribution in [0.25, 0.3) is 0 Å². The number of aliphatic hydroxyl groups is 2. The molecule has 1 atom stereocenters. The number of aliphatic hydroxyl groups excluding tert-OH is 2. The minimum absolute atomic E-state index is 0.0389. The molecule has 0 aliphatic carbocycles. The van der Waals surface area contributed by atoms with Gasteiger partial charge in [0, 0.05) is 43.4 Å². The zero-order valence-corrected chi connectivity index (χ0v) is 16.8. The van der Waals surface area contributed by atoms with Crippen molar-refractivity contribution in [1.82, 2.24) is 15.1 Å². The van der Waals surface area contributed by atoms with Crippen LogP contribution in [0.3, 0.4) is 0 Å². The Morgan fingerprint density at radius 2 is 2.14 bits per heavy atom. The van der Waals surface area contributed by atoms with E-state index in [1.165, 1.54) is 0 Å². The summed E-state index contributed by atoms with van der Waals surface area (Å²) in [5.74, 6) is 0.524. The molecule has 2 heterocycles. The van der Waals surface area contributed by atoms with Crippen molar-refractivity contribution < 1.29 is 24.5 Å². The number of hydrogen-bond acceptors (Lipinski definition) is 7. The predicted molar refractivity (Wildman–Crippen MR) is 107 cm³/mol. The second-order valence-corrected chi connectivity index (χ2v) is 7.11. The van der Waals surface area contributed by atoms with Gasteiger partial charge >= 0.3 is 0 Å². The molecule has 3 N–H and O–H groups in total. The zero-order chi connectivity index (χ0) is 20.6. The number of nitrogens with one attached hydrogen (secondary N) is 1. The SMILES string of the molecule is COc1cc(CO)ccc1CNCc1cn(C2CCCCO2)nc1C(=O)CCO. The molecule has 0 amide bonds. The Morgan fingerprint density at radius 3 is 2.83 bits per heavy atom. The lowest BCUT2D eigenvalue weighted by Crippen LogP contribution is -2.19. The van der Waals surface area contributed by atoms with Gasteiger partial charge in [-0.25, -0.2) is 4.68 Å². The average molecular weight is 403 g/mol.